The molecule has 0 aromatic heterocycles. The van der Waals surface area contributed by atoms with E-state index in [1.54, 1.807) is 26.4 Å². The number of anilines is 1. The lowest BCUT2D eigenvalue weighted by Gasteiger charge is -2.37. The van der Waals surface area contributed by atoms with Crippen LogP contribution in [0.15, 0.2) is 42.5 Å². The van der Waals surface area contributed by atoms with Gasteiger partial charge in [-0.1, -0.05) is 17.7 Å². The molecule has 1 saturated heterocycles. The summed E-state index contributed by atoms with van der Waals surface area (Å²) in [5.41, 5.74) is 1.95. The standard InChI is InChI=1S/C22H28ClN3O3/c1-16(22(27)24-19-7-5-18(23)6-8-19)26-12-10-25(11-13-26)15-17-4-9-20(28-2)21(14-17)29-3/h4-9,14,16H,10-13,15H2,1-3H3,(H,24,27)/t16-/m1/s1. The van der Waals surface area contributed by atoms with Crippen LogP contribution in [0.5, 0.6) is 11.5 Å². The van der Waals surface area contributed by atoms with Gasteiger partial charge in [0.1, 0.15) is 0 Å². The number of ether oxygens (including phenoxy) is 2. The van der Waals surface area contributed by atoms with E-state index < -0.39 is 0 Å². The van der Waals surface area contributed by atoms with Crippen molar-refractivity contribution in [3.63, 3.8) is 0 Å². The highest BCUT2D eigenvalue weighted by Gasteiger charge is 2.25. The summed E-state index contributed by atoms with van der Waals surface area (Å²) < 4.78 is 10.7. The molecule has 3 rings (SSSR count). The van der Waals surface area contributed by atoms with E-state index in [1.165, 1.54) is 5.56 Å². The maximum atomic E-state index is 12.6. The van der Waals surface area contributed by atoms with E-state index in [2.05, 4.69) is 21.2 Å². The highest BCUT2D eigenvalue weighted by Crippen LogP contribution is 2.28. The second kappa shape index (κ2) is 9.96. The zero-order chi connectivity index (χ0) is 20.8. The number of rotatable bonds is 7. The second-order valence-corrected chi connectivity index (χ2v) is 7.61. The fourth-order valence-electron chi connectivity index (χ4n) is 3.49. The van der Waals surface area contributed by atoms with Crippen LogP contribution in [0, 0.1) is 0 Å². The van der Waals surface area contributed by atoms with Crippen LogP contribution in [-0.4, -0.2) is 62.1 Å². The minimum absolute atomic E-state index is 0.000614. The summed E-state index contributed by atoms with van der Waals surface area (Å²) in [6.45, 7) is 6.32. The summed E-state index contributed by atoms with van der Waals surface area (Å²) in [7, 11) is 3.29. The maximum absolute atomic E-state index is 12.6. The summed E-state index contributed by atoms with van der Waals surface area (Å²) in [5, 5.41) is 3.62. The fraction of sp³-hybridized carbons (Fsp3) is 0.409. The van der Waals surface area contributed by atoms with E-state index in [0.717, 1.165) is 49.9 Å². The molecule has 0 saturated carbocycles. The van der Waals surface area contributed by atoms with Crippen molar-refractivity contribution < 1.29 is 14.3 Å². The molecular formula is C22H28ClN3O3. The van der Waals surface area contributed by atoms with Gasteiger partial charge in [0.05, 0.1) is 20.3 Å². The van der Waals surface area contributed by atoms with Gasteiger partial charge in [-0.15, -0.1) is 0 Å². The molecule has 156 valence electrons. The van der Waals surface area contributed by atoms with Gasteiger partial charge in [0, 0.05) is 43.4 Å². The van der Waals surface area contributed by atoms with Crippen molar-refractivity contribution in [3.8, 4) is 11.5 Å². The molecule has 0 bridgehead atoms. The first-order chi connectivity index (χ1) is 14.0. The average molecular weight is 418 g/mol. The number of methoxy groups -OCH3 is 2. The number of benzene rings is 2. The lowest BCUT2D eigenvalue weighted by atomic mass is 10.1. The summed E-state index contributed by atoms with van der Waals surface area (Å²) in [6, 6.07) is 13.0. The van der Waals surface area contributed by atoms with Crippen molar-refractivity contribution >= 4 is 23.2 Å². The number of amides is 1. The van der Waals surface area contributed by atoms with Crippen LogP contribution in [0.4, 0.5) is 5.69 Å². The Labute approximate surface area is 177 Å². The van der Waals surface area contributed by atoms with Crippen LogP contribution in [0.2, 0.25) is 5.02 Å². The van der Waals surface area contributed by atoms with Crippen LogP contribution in [0.3, 0.4) is 0 Å². The highest BCUT2D eigenvalue weighted by molar-refractivity contribution is 6.30. The molecule has 1 atom stereocenters. The molecule has 1 heterocycles. The first-order valence-corrected chi connectivity index (χ1v) is 10.1. The average Bonchev–Trinajstić information content (AvgIpc) is 2.75. The SMILES string of the molecule is COc1ccc(CN2CCN([C@H](C)C(=O)Nc3ccc(Cl)cc3)CC2)cc1OC. The number of hydrogen-bond acceptors (Lipinski definition) is 5. The Morgan fingerprint density at radius 1 is 1.03 bits per heavy atom. The van der Waals surface area contributed by atoms with Crippen molar-refractivity contribution in [2.45, 2.75) is 19.5 Å². The number of halogens is 1. The smallest absolute Gasteiger partial charge is 0.241 e. The van der Waals surface area contributed by atoms with E-state index in [4.69, 9.17) is 21.1 Å². The lowest BCUT2D eigenvalue weighted by Crippen LogP contribution is -2.52. The molecule has 7 heteroatoms. The number of carbonyl (C=O) groups is 1. The van der Waals surface area contributed by atoms with E-state index in [9.17, 15) is 4.79 Å². The molecule has 2 aromatic rings. The predicted molar refractivity (Wildman–Crippen MR) is 116 cm³/mol. The molecule has 0 spiro atoms. The van der Waals surface area contributed by atoms with E-state index in [0.29, 0.717) is 5.02 Å². The first-order valence-electron chi connectivity index (χ1n) is 9.74. The molecule has 1 aliphatic heterocycles. The summed E-state index contributed by atoms with van der Waals surface area (Å²) in [5.74, 6) is 1.48. The third-order valence-electron chi connectivity index (χ3n) is 5.30. The number of carbonyl (C=O) groups excluding carboxylic acids is 1. The van der Waals surface area contributed by atoms with Crippen LogP contribution in [-0.2, 0) is 11.3 Å². The summed E-state index contributed by atoms with van der Waals surface area (Å²) >= 11 is 5.90. The zero-order valence-corrected chi connectivity index (χ0v) is 17.9. The van der Waals surface area contributed by atoms with Crippen molar-refractivity contribution in [2.24, 2.45) is 0 Å². The largest absolute Gasteiger partial charge is 0.493 e. The number of nitrogens with zero attached hydrogens (tertiary/aromatic N) is 2. The zero-order valence-electron chi connectivity index (χ0n) is 17.2. The Hall–Kier alpha value is -2.28. The van der Waals surface area contributed by atoms with Crippen molar-refractivity contribution in [1.29, 1.82) is 0 Å². The van der Waals surface area contributed by atoms with Crippen molar-refractivity contribution in [2.75, 3.05) is 45.7 Å². The normalized spacial score (nSPS) is 16.3. The van der Waals surface area contributed by atoms with E-state index in [-0.39, 0.29) is 11.9 Å². The van der Waals surface area contributed by atoms with Crippen LogP contribution in [0.1, 0.15) is 12.5 Å². The predicted octanol–water partition coefficient (Wildman–Crippen LogP) is 3.50. The first kappa shape index (κ1) is 21.4. The minimum atomic E-state index is -0.186. The van der Waals surface area contributed by atoms with Gasteiger partial charge in [0.15, 0.2) is 11.5 Å². The number of nitrogens with one attached hydrogen (secondary N) is 1. The molecule has 0 aliphatic carbocycles. The quantitative estimate of drug-likeness (QED) is 0.747. The topological polar surface area (TPSA) is 54.0 Å². The Morgan fingerprint density at radius 3 is 2.31 bits per heavy atom. The third kappa shape index (κ3) is 5.63. The molecular weight excluding hydrogens is 390 g/mol. The molecule has 1 amide bonds. The molecule has 1 fully saturated rings. The van der Waals surface area contributed by atoms with Gasteiger partial charge in [-0.2, -0.15) is 0 Å². The van der Waals surface area contributed by atoms with Gasteiger partial charge in [-0.25, -0.2) is 0 Å². The Bertz CT molecular complexity index is 821. The number of hydrogen-bond donors (Lipinski definition) is 1. The van der Waals surface area contributed by atoms with E-state index in [1.807, 2.05) is 31.2 Å². The summed E-state index contributed by atoms with van der Waals surface area (Å²) in [6.07, 6.45) is 0. The van der Waals surface area contributed by atoms with Crippen molar-refractivity contribution in [3.05, 3.63) is 53.1 Å². The third-order valence-corrected chi connectivity index (χ3v) is 5.55. The Morgan fingerprint density at radius 2 is 1.69 bits per heavy atom. The summed E-state index contributed by atoms with van der Waals surface area (Å²) in [4.78, 5) is 17.2. The molecule has 0 unspecified atom stereocenters. The van der Waals surface area contributed by atoms with Crippen LogP contribution in [0.25, 0.3) is 0 Å². The highest BCUT2D eigenvalue weighted by atomic mass is 35.5. The molecule has 6 nitrogen and oxygen atoms in total. The molecule has 29 heavy (non-hydrogen) atoms. The van der Waals surface area contributed by atoms with Gasteiger partial charge in [0.2, 0.25) is 5.91 Å². The van der Waals surface area contributed by atoms with Gasteiger partial charge in [-0.3, -0.25) is 14.6 Å². The van der Waals surface area contributed by atoms with E-state index >= 15 is 0 Å². The monoisotopic (exact) mass is 417 g/mol. The molecule has 1 aliphatic rings. The second-order valence-electron chi connectivity index (χ2n) is 7.17. The fourth-order valence-corrected chi connectivity index (χ4v) is 3.62. The lowest BCUT2D eigenvalue weighted by molar-refractivity contribution is -0.121. The van der Waals surface area contributed by atoms with Gasteiger partial charge >= 0.3 is 0 Å². The maximum Gasteiger partial charge on any atom is 0.241 e. The minimum Gasteiger partial charge on any atom is -0.493 e. The van der Waals surface area contributed by atoms with Crippen molar-refractivity contribution in [1.82, 2.24) is 9.80 Å². The molecule has 0 radical (unpaired) electrons. The Kier molecular flexibility index (Phi) is 7.36. The molecule has 2 aromatic carbocycles. The van der Waals surface area contributed by atoms with Crippen LogP contribution >= 0.6 is 11.6 Å². The number of piperazine rings is 1. The van der Waals surface area contributed by atoms with Gasteiger partial charge in [-0.05, 0) is 48.9 Å². The molecule has 1 N–H and O–H groups in total. The Balaban J connectivity index is 1.50. The van der Waals surface area contributed by atoms with Gasteiger partial charge < -0.3 is 14.8 Å². The van der Waals surface area contributed by atoms with Crippen LogP contribution < -0.4 is 14.8 Å². The van der Waals surface area contributed by atoms with Gasteiger partial charge in [0.25, 0.3) is 0 Å².